The predicted molar refractivity (Wildman–Crippen MR) is 87.0 cm³/mol. The van der Waals surface area contributed by atoms with Gasteiger partial charge in [-0.25, -0.2) is 0 Å². The van der Waals surface area contributed by atoms with E-state index in [1.165, 1.54) is 22.4 Å². The van der Waals surface area contributed by atoms with E-state index < -0.39 is 0 Å². The monoisotopic (exact) mass is 335 g/mol. The molecule has 0 bridgehead atoms. The first-order valence-electron chi connectivity index (χ1n) is 7.04. The normalized spacial score (nSPS) is 12.7. The molecule has 0 spiro atoms. The maximum absolute atomic E-state index is 4.47. The summed E-state index contributed by atoms with van der Waals surface area (Å²) >= 11 is 3.64. The molecular formula is C16H22BrN3. The fourth-order valence-electron chi connectivity index (χ4n) is 2.45. The summed E-state index contributed by atoms with van der Waals surface area (Å²) in [6.07, 6.45) is 2.96. The van der Waals surface area contributed by atoms with Crippen molar-refractivity contribution in [1.29, 1.82) is 0 Å². The first-order valence-corrected chi connectivity index (χ1v) is 7.83. The van der Waals surface area contributed by atoms with Gasteiger partial charge in [0.25, 0.3) is 0 Å². The molecule has 3 nitrogen and oxygen atoms in total. The molecule has 1 aromatic heterocycles. The Balaban J connectivity index is 2.46. The van der Waals surface area contributed by atoms with E-state index in [9.17, 15) is 0 Å². The van der Waals surface area contributed by atoms with Crippen LogP contribution in [-0.2, 0) is 6.54 Å². The van der Waals surface area contributed by atoms with Gasteiger partial charge in [0.15, 0.2) is 0 Å². The summed E-state index contributed by atoms with van der Waals surface area (Å²) in [5, 5.41) is 7.89. The van der Waals surface area contributed by atoms with Gasteiger partial charge in [-0.2, -0.15) is 5.10 Å². The van der Waals surface area contributed by atoms with Crippen LogP contribution in [0, 0.1) is 13.8 Å². The second kappa shape index (κ2) is 6.55. The molecule has 2 aromatic rings. The van der Waals surface area contributed by atoms with Crippen LogP contribution < -0.4 is 5.32 Å². The highest BCUT2D eigenvalue weighted by Crippen LogP contribution is 2.29. The van der Waals surface area contributed by atoms with E-state index in [4.69, 9.17) is 0 Å². The zero-order valence-corrected chi connectivity index (χ0v) is 14.2. The fraction of sp³-hybridized carbons (Fsp3) is 0.438. The van der Waals surface area contributed by atoms with E-state index in [1.807, 2.05) is 13.2 Å². The lowest BCUT2D eigenvalue weighted by molar-refractivity contribution is 0.533. The lowest BCUT2D eigenvalue weighted by atomic mass is 9.99. The third kappa shape index (κ3) is 2.96. The number of benzene rings is 1. The van der Waals surface area contributed by atoms with Crippen LogP contribution in [0.2, 0.25) is 0 Å². The summed E-state index contributed by atoms with van der Waals surface area (Å²) in [7, 11) is 2.00. The minimum atomic E-state index is 0.151. The van der Waals surface area contributed by atoms with Crippen LogP contribution in [0.25, 0.3) is 0 Å². The Hall–Kier alpha value is -1.13. The van der Waals surface area contributed by atoms with E-state index in [2.05, 4.69) is 70.0 Å². The Morgan fingerprint density at radius 1 is 1.30 bits per heavy atom. The number of hydrogen-bond donors (Lipinski definition) is 1. The number of nitrogens with one attached hydrogen (secondary N) is 1. The molecule has 2 rings (SSSR count). The second-order valence-corrected chi connectivity index (χ2v) is 6.02. The van der Waals surface area contributed by atoms with Crippen LogP contribution in [0.15, 0.2) is 28.9 Å². The second-order valence-electron chi connectivity index (χ2n) is 5.17. The minimum absolute atomic E-state index is 0.151. The number of aryl methyl sites for hydroxylation is 3. The van der Waals surface area contributed by atoms with Crippen LogP contribution in [0.3, 0.4) is 0 Å². The maximum Gasteiger partial charge on any atom is 0.0757 e. The van der Waals surface area contributed by atoms with E-state index in [0.717, 1.165) is 17.4 Å². The summed E-state index contributed by atoms with van der Waals surface area (Å²) in [5.41, 5.74) is 5.11. The zero-order chi connectivity index (χ0) is 14.7. The van der Waals surface area contributed by atoms with Gasteiger partial charge in [-0.1, -0.05) is 25.1 Å². The molecule has 0 aliphatic rings. The number of nitrogens with zero attached hydrogens (tertiary/aromatic N) is 2. The maximum atomic E-state index is 4.47. The van der Waals surface area contributed by atoms with Crippen LogP contribution in [0.1, 0.15) is 41.8 Å². The highest BCUT2D eigenvalue weighted by molar-refractivity contribution is 9.10. The van der Waals surface area contributed by atoms with Gasteiger partial charge >= 0.3 is 0 Å². The Bertz CT molecular complexity index is 589. The van der Waals surface area contributed by atoms with Crippen LogP contribution in [0.5, 0.6) is 0 Å². The molecule has 0 saturated carbocycles. The molecule has 1 N–H and O–H groups in total. The van der Waals surface area contributed by atoms with Crippen LogP contribution >= 0.6 is 15.9 Å². The van der Waals surface area contributed by atoms with Gasteiger partial charge in [0.05, 0.1) is 22.4 Å². The van der Waals surface area contributed by atoms with Crippen molar-refractivity contribution >= 4 is 15.9 Å². The van der Waals surface area contributed by atoms with Crippen molar-refractivity contribution in [2.24, 2.45) is 0 Å². The largest absolute Gasteiger partial charge is 0.308 e. The van der Waals surface area contributed by atoms with E-state index in [1.54, 1.807) is 0 Å². The molecule has 4 heteroatoms. The number of halogens is 1. The summed E-state index contributed by atoms with van der Waals surface area (Å²) in [5.74, 6) is 0. The van der Waals surface area contributed by atoms with E-state index in [-0.39, 0.29) is 6.04 Å². The third-order valence-corrected chi connectivity index (χ3v) is 4.31. The molecule has 0 saturated heterocycles. The first-order chi connectivity index (χ1) is 9.58. The predicted octanol–water partition coefficient (Wildman–Crippen LogP) is 3.98. The van der Waals surface area contributed by atoms with Gasteiger partial charge in [-0.3, -0.25) is 4.68 Å². The Labute approximate surface area is 129 Å². The molecule has 0 amide bonds. The van der Waals surface area contributed by atoms with Crippen molar-refractivity contribution in [2.75, 3.05) is 7.05 Å². The molecule has 0 radical (unpaired) electrons. The van der Waals surface area contributed by atoms with Crippen molar-refractivity contribution in [1.82, 2.24) is 15.1 Å². The van der Waals surface area contributed by atoms with Gasteiger partial charge < -0.3 is 5.32 Å². The van der Waals surface area contributed by atoms with E-state index in [0.29, 0.717) is 0 Å². The molecular weight excluding hydrogens is 314 g/mol. The van der Waals surface area contributed by atoms with Crippen molar-refractivity contribution < 1.29 is 0 Å². The van der Waals surface area contributed by atoms with Gasteiger partial charge in [0.2, 0.25) is 0 Å². The number of aromatic nitrogens is 2. The lowest BCUT2D eigenvalue weighted by Gasteiger charge is -2.20. The highest BCUT2D eigenvalue weighted by atomic mass is 79.9. The molecule has 20 heavy (non-hydrogen) atoms. The fourth-order valence-corrected chi connectivity index (χ4v) is 2.98. The van der Waals surface area contributed by atoms with Gasteiger partial charge in [-0.15, -0.1) is 0 Å². The van der Waals surface area contributed by atoms with Crippen molar-refractivity contribution in [3.8, 4) is 0 Å². The Morgan fingerprint density at radius 3 is 2.65 bits per heavy atom. The summed E-state index contributed by atoms with van der Waals surface area (Å²) in [6, 6.07) is 6.78. The van der Waals surface area contributed by atoms with Gasteiger partial charge in [0.1, 0.15) is 0 Å². The third-order valence-electron chi connectivity index (χ3n) is 3.70. The Morgan fingerprint density at radius 2 is 2.05 bits per heavy atom. The molecule has 0 aliphatic heterocycles. The number of rotatable bonds is 5. The SMILES string of the molecule is CCCn1ncc(Br)c1C(NC)c1ccc(C)c(C)c1. The minimum Gasteiger partial charge on any atom is -0.308 e. The lowest BCUT2D eigenvalue weighted by Crippen LogP contribution is -2.22. The average Bonchev–Trinajstić information content (AvgIpc) is 2.77. The quantitative estimate of drug-likeness (QED) is 0.895. The summed E-state index contributed by atoms with van der Waals surface area (Å²) in [6.45, 7) is 7.41. The molecule has 1 atom stereocenters. The molecule has 1 heterocycles. The average molecular weight is 336 g/mol. The molecule has 1 aromatic carbocycles. The summed E-state index contributed by atoms with van der Waals surface area (Å²) in [4.78, 5) is 0. The van der Waals surface area contributed by atoms with E-state index >= 15 is 0 Å². The van der Waals surface area contributed by atoms with Crippen molar-refractivity contribution in [3.63, 3.8) is 0 Å². The smallest absolute Gasteiger partial charge is 0.0757 e. The Kier molecular flexibility index (Phi) is 5.00. The highest BCUT2D eigenvalue weighted by Gasteiger charge is 2.20. The van der Waals surface area contributed by atoms with Gasteiger partial charge in [0, 0.05) is 6.54 Å². The topological polar surface area (TPSA) is 29.9 Å². The summed E-state index contributed by atoms with van der Waals surface area (Å²) < 4.78 is 3.14. The number of hydrogen-bond acceptors (Lipinski definition) is 2. The molecule has 0 aliphatic carbocycles. The standard InChI is InChI=1S/C16H22BrN3/c1-5-8-20-16(14(17)10-19-20)15(18-4)13-7-6-11(2)12(3)9-13/h6-7,9-10,15,18H,5,8H2,1-4H3. The van der Waals surface area contributed by atoms with Crippen LogP contribution in [-0.4, -0.2) is 16.8 Å². The van der Waals surface area contributed by atoms with Crippen molar-refractivity contribution in [3.05, 3.63) is 51.3 Å². The molecule has 0 fully saturated rings. The molecule has 108 valence electrons. The zero-order valence-electron chi connectivity index (χ0n) is 12.6. The van der Waals surface area contributed by atoms with Crippen molar-refractivity contribution in [2.45, 2.75) is 39.8 Å². The van der Waals surface area contributed by atoms with Gasteiger partial charge in [-0.05, 0) is 59.9 Å². The molecule has 1 unspecified atom stereocenters. The van der Waals surface area contributed by atoms with Crippen LogP contribution in [0.4, 0.5) is 0 Å². The first kappa shape index (κ1) is 15.3.